The molecule has 0 amide bonds. The first-order valence-electron chi connectivity index (χ1n) is 6.04. The van der Waals surface area contributed by atoms with E-state index in [1.165, 1.54) is 0 Å². The Labute approximate surface area is 97.3 Å². The molecule has 92 valence electrons. The Morgan fingerprint density at radius 3 is 2.50 bits per heavy atom. The Morgan fingerprint density at radius 2 is 2.00 bits per heavy atom. The van der Waals surface area contributed by atoms with E-state index in [0.29, 0.717) is 5.92 Å². The fraction of sp³-hybridized carbons (Fsp3) is 0.750. The minimum absolute atomic E-state index is 0.0957. The van der Waals surface area contributed by atoms with Crippen LogP contribution in [0.5, 0.6) is 0 Å². The van der Waals surface area contributed by atoms with Gasteiger partial charge in [-0.2, -0.15) is 0 Å². The van der Waals surface area contributed by atoms with Gasteiger partial charge >= 0.3 is 5.69 Å². The summed E-state index contributed by atoms with van der Waals surface area (Å²) in [6.45, 7) is 11.0. The number of aromatic nitrogens is 2. The van der Waals surface area contributed by atoms with Crippen LogP contribution in [0.3, 0.4) is 0 Å². The third-order valence-corrected chi connectivity index (χ3v) is 2.68. The second-order valence-corrected chi connectivity index (χ2v) is 4.65. The minimum atomic E-state index is 0.0957. The maximum Gasteiger partial charge on any atom is 0.328 e. The number of hydrogen-bond donors (Lipinski definition) is 1. The quantitative estimate of drug-likeness (QED) is 0.796. The van der Waals surface area contributed by atoms with Gasteiger partial charge in [0.25, 0.3) is 0 Å². The summed E-state index contributed by atoms with van der Waals surface area (Å²) in [6.07, 6.45) is 3.75. The van der Waals surface area contributed by atoms with Crippen LogP contribution in [0.1, 0.15) is 33.7 Å². The molecule has 16 heavy (non-hydrogen) atoms. The second-order valence-electron chi connectivity index (χ2n) is 4.65. The molecule has 1 aromatic heterocycles. The fourth-order valence-corrected chi connectivity index (χ4v) is 1.75. The smallest absolute Gasteiger partial charge is 0.317 e. The van der Waals surface area contributed by atoms with Gasteiger partial charge in [-0.15, -0.1) is 0 Å². The number of nitrogens with zero attached hydrogens (tertiary/aromatic N) is 2. The van der Waals surface area contributed by atoms with Crippen molar-refractivity contribution in [3.63, 3.8) is 0 Å². The maximum absolute atomic E-state index is 11.9. The molecule has 0 aliphatic rings. The van der Waals surface area contributed by atoms with E-state index in [0.717, 1.165) is 19.6 Å². The Kier molecular flexibility index (Phi) is 4.80. The summed E-state index contributed by atoms with van der Waals surface area (Å²) in [6, 6.07) is 0.234. The monoisotopic (exact) mass is 225 g/mol. The first kappa shape index (κ1) is 13.0. The Hall–Kier alpha value is -1.03. The molecule has 0 aliphatic carbocycles. The zero-order chi connectivity index (χ0) is 12.1. The average molecular weight is 225 g/mol. The van der Waals surface area contributed by atoms with Crippen LogP contribution in [0.2, 0.25) is 0 Å². The number of rotatable bonds is 6. The predicted molar refractivity (Wildman–Crippen MR) is 66.8 cm³/mol. The van der Waals surface area contributed by atoms with Gasteiger partial charge in [0.1, 0.15) is 0 Å². The number of nitrogens with one attached hydrogen (secondary N) is 1. The Morgan fingerprint density at radius 1 is 1.31 bits per heavy atom. The lowest BCUT2D eigenvalue weighted by molar-refractivity contribution is 0.436. The van der Waals surface area contributed by atoms with E-state index >= 15 is 0 Å². The molecule has 0 spiro atoms. The van der Waals surface area contributed by atoms with E-state index in [4.69, 9.17) is 0 Å². The molecule has 0 radical (unpaired) electrons. The fourth-order valence-electron chi connectivity index (χ4n) is 1.75. The molecule has 0 bridgehead atoms. The lowest BCUT2D eigenvalue weighted by Gasteiger charge is -2.12. The molecule has 1 heterocycles. The molecule has 0 fully saturated rings. The second kappa shape index (κ2) is 5.89. The molecule has 1 rings (SSSR count). The lowest BCUT2D eigenvalue weighted by atomic mass is 10.2. The van der Waals surface area contributed by atoms with E-state index in [1.807, 2.05) is 26.2 Å². The highest BCUT2D eigenvalue weighted by Gasteiger charge is 2.08. The van der Waals surface area contributed by atoms with Crippen molar-refractivity contribution in [2.45, 2.75) is 40.3 Å². The van der Waals surface area contributed by atoms with Gasteiger partial charge in [0.2, 0.25) is 0 Å². The molecular weight excluding hydrogens is 202 g/mol. The van der Waals surface area contributed by atoms with Gasteiger partial charge in [-0.25, -0.2) is 4.79 Å². The van der Waals surface area contributed by atoms with E-state index < -0.39 is 0 Å². The highest BCUT2D eigenvalue weighted by molar-refractivity contribution is 4.84. The third-order valence-electron chi connectivity index (χ3n) is 2.68. The summed E-state index contributed by atoms with van der Waals surface area (Å²) in [5, 5.41) is 3.30. The van der Waals surface area contributed by atoms with Crippen molar-refractivity contribution in [1.29, 1.82) is 0 Å². The van der Waals surface area contributed by atoms with Crippen molar-refractivity contribution < 1.29 is 0 Å². The molecular formula is C12H23N3O. The van der Waals surface area contributed by atoms with Gasteiger partial charge in [-0.05, 0) is 32.9 Å². The summed E-state index contributed by atoms with van der Waals surface area (Å²) >= 11 is 0. The van der Waals surface area contributed by atoms with E-state index in [1.54, 1.807) is 9.13 Å². The topological polar surface area (TPSA) is 39.0 Å². The van der Waals surface area contributed by atoms with Crippen LogP contribution < -0.4 is 11.0 Å². The van der Waals surface area contributed by atoms with Crippen molar-refractivity contribution in [1.82, 2.24) is 14.5 Å². The SMILES string of the molecule is CCNCC(C)Cn1ccn(C(C)C)c1=O. The van der Waals surface area contributed by atoms with E-state index in [2.05, 4.69) is 19.2 Å². The van der Waals surface area contributed by atoms with Gasteiger partial charge in [-0.3, -0.25) is 9.13 Å². The molecule has 1 aromatic rings. The third kappa shape index (κ3) is 3.23. The summed E-state index contributed by atoms with van der Waals surface area (Å²) in [5.74, 6) is 0.473. The molecule has 1 N–H and O–H groups in total. The summed E-state index contributed by atoms with van der Waals surface area (Å²) in [5.41, 5.74) is 0.0957. The molecule has 4 heteroatoms. The summed E-state index contributed by atoms with van der Waals surface area (Å²) in [7, 11) is 0. The lowest BCUT2D eigenvalue weighted by Crippen LogP contribution is -2.30. The summed E-state index contributed by atoms with van der Waals surface area (Å²) in [4.78, 5) is 11.9. The van der Waals surface area contributed by atoms with Gasteiger partial charge < -0.3 is 5.32 Å². The number of imidazole rings is 1. The predicted octanol–water partition coefficient (Wildman–Crippen LogP) is 1.48. The van der Waals surface area contributed by atoms with Crippen LogP contribution >= 0.6 is 0 Å². The largest absolute Gasteiger partial charge is 0.328 e. The number of hydrogen-bond acceptors (Lipinski definition) is 2. The zero-order valence-electron chi connectivity index (χ0n) is 10.7. The van der Waals surface area contributed by atoms with Crippen molar-refractivity contribution in [3.05, 3.63) is 22.9 Å². The molecule has 1 unspecified atom stereocenters. The first-order valence-corrected chi connectivity index (χ1v) is 6.04. The maximum atomic E-state index is 11.9. The van der Waals surface area contributed by atoms with Crippen LogP contribution in [0.25, 0.3) is 0 Å². The van der Waals surface area contributed by atoms with Crippen molar-refractivity contribution in [2.75, 3.05) is 13.1 Å². The van der Waals surface area contributed by atoms with Crippen LogP contribution in [0, 0.1) is 5.92 Å². The zero-order valence-corrected chi connectivity index (χ0v) is 10.7. The van der Waals surface area contributed by atoms with E-state index in [-0.39, 0.29) is 11.7 Å². The van der Waals surface area contributed by atoms with Gasteiger partial charge in [-0.1, -0.05) is 13.8 Å². The molecule has 0 aliphatic heterocycles. The Bertz CT molecular complexity index is 365. The summed E-state index contributed by atoms with van der Waals surface area (Å²) < 4.78 is 3.56. The van der Waals surface area contributed by atoms with Crippen molar-refractivity contribution >= 4 is 0 Å². The van der Waals surface area contributed by atoms with Crippen molar-refractivity contribution in [2.24, 2.45) is 5.92 Å². The van der Waals surface area contributed by atoms with Crippen LogP contribution in [0.15, 0.2) is 17.2 Å². The highest BCUT2D eigenvalue weighted by atomic mass is 16.1. The standard InChI is InChI=1S/C12H23N3O/c1-5-13-8-11(4)9-14-6-7-15(10(2)3)12(14)16/h6-7,10-11,13H,5,8-9H2,1-4H3. The van der Waals surface area contributed by atoms with Gasteiger partial charge in [0.15, 0.2) is 0 Å². The van der Waals surface area contributed by atoms with Crippen molar-refractivity contribution in [3.8, 4) is 0 Å². The Balaban J connectivity index is 2.64. The van der Waals surface area contributed by atoms with Gasteiger partial charge in [0, 0.05) is 25.0 Å². The first-order chi connectivity index (χ1) is 7.56. The molecule has 4 nitrogen and oxygen atoms in total. The molecule has 0 saturated carbocycles. The van der Waals surface area contributed by atoms with E-state index in [9.17, 15) is 4.79 Å². The normalized spacial score (nSPS) is 13.3. The van der Waals surface area contributed by atoms with Crippen LogP contribution in [-0.2, 0) is 6.54 Å². The van der Waals surface area contributed by atoms with Gasteiger partial charge in [0.05, 0.1) is 0 Å². The molecule has 0 aromatic carbocycles. The molecule has 0 saturated heterocycles. The van der Waals surface area contributed by atoms with Crippen LogP contribution in [-0.4, -0.2) is 22.2 Å². The minimum Gasteiger partial charge on any atom is -0.317 e. The van der Waals surface area contributed by atoms with Crippen LogP contribution in [0.4, 0.5) is 0 Å². The average Bonchev–Trinajstić information content (AvgIpc) is 2.57. The highest BCUT2D eigenvalue weighted by Crippen LogP contribution is 2.01. The molecule has 1 atom stereocenters.